The van der Waals surface area contributed by atoms with Gasteiger partial charge in [0, 0.05) is 31.9 Å². The monoisotopic (exact) mass is 462 g/mol. The molecule has 162 valence electrons. The van der Waals surface area contributed by atoms with Gasteiger partial charge in [-0.3, -0.25) is 4.79 Å². The Morgan fingerprint density at radius 2 is 1.66 bits per heavy atom. The van der Waals surface area contributed by atoms with E-state index in [1.165, 1.54) is 11.3 Å². The summed E-state index contributed by atoms with van der Waals surface area (Å²) in [6, 6.07) is 21.8. The Hall–Kier alpha value is -3.09. The van der Waals surface area contributed by atoms with Gasteiger partial charge in [-0.2, -0.15) is 5.10 Å². The van der Waals surface area contributed by atoms with Crippen molar-refractivity contribution in [3.05, 3.63) is 88.4 Å². The Labute approximate surface area is 196 Å². The number of anilines is 1. The molecule has 2 aromatic carbocycles. The van der Waals surface area contributed by atoms with E-state index >= 15 is 0 Å². The first-order chi connectivity index (χ1) is 15.6. The number of carbonyl (C=O) groups excluding carboxylic acids is 1. The molecule has 5 rings (SSSR count). The quantitative estimate of drug-likeness (QED) is 0.400. The molecule has 1 saturated heterocycles. The number of aryl methyl sites for hydroxylation is 1. The number of aromatic nitrogens is 2. The summed E-state index contributed by atoms with van der Waals surface area (Å²) >= 11 is 8.07. The van der Waals surface area contributed by atoms with Gasteiger partial charge >= 0.3 is 0 Å². The number of amides is 1. The first kappa shape index (κ1) is 20.8. The van der Waals surface area contributed by atoms with E-state index in [1.54, 1.807) is 16.0 Å². The minimum absolute atomic E-state index is 0.0235. The topological polar surface area (TPSA) is 41.4 Å². The van der Waals surface area contributed by atoms with E-state index in [1.807, 2.05) is 52.7 Å². The van der Waals surface area contributed by atoms with E-state index in [9.17, 15) is 4.79 Å². The Bertz CT molecular complexity index is 1240. The Kier molecular flexibility index (Phi) is 5.72. The molecule has 0 bridgehead atoms. The summed E-state index contributed by atoms with van der Waals surface area (Å²) in [5.74, 6) is -0.0235. The average molecular weight is 463 g/mol. The van der Waals surface area contributed by atoms with Crippen molar-refractivity contribution < 1.29 is 4.79 Å². The van der Waals surface area contributed by atoms with E-state index in [0.29, 0.717) is 29.5 Å². The van der Waals surface area contributed by atoms with Crippen molar-refractivity contribution in [1.82, 2.24) is 14.7 Å². The van der Waals surface area contributed by atoms with Crippen LogP contribution in [0.4, 0.5) is 5.69 Å². The maximum absolute atomic E-state index is 13.6. The smallest absolute Gasteiger partial charge is 0.272 e. The van der Waals surface area contributed by atoms with Crippen LogP contribution < -0.4 is 4.90 Å². The van der Waals surface area contributed by atoms with E-state index < -0.39 is 0 Å². The fourth-order valence-corrected chi connectivity index (χ4v) is 5.01. The van der Waals surface area contributed by atoms with Gasteiger partial charge < -0.3 is 9.80 Å². The van der Waals surface area contributed by atoms with Gasteiger partial charge in [-0.25, -0.2) is 4.68 Å². The molecule has 0 atom stereocenters. The number of hydrogen-bond donors (Lipinski definition) is 0. The number of carbonyl (C=O) groups is 1. The van der Waals surface area contributed by atoms with Gasteiger partial charge in [-0.15, -0.1) is 11.3 Å². The summed E-state index contributed by atoms with van der Waals surface area (Å²) in [6.07, 6.45) is 0. The highest BCUT2D eigenvalue weighted by atomic mass is 35.5. The summed E-state index contributed by atoms with van der Waals surface area (Å²) in [5.41, 5.74) is 4.51. The fourth-order valence-electron chi connectivity index (χ4n) is 4.12. The van der Waals surface area contributed by atoms with Gasteiger partial charge in [-0.05, 0) is 48.2 Å². The fraction of sp³-hybridized carbons (Fsp3) is 0.200. The van der Waals surface area contributed by atoms with Gasteiger partial charge in [0.15, 0.2) is 0 Å². The highest BCUT2D eigenvalue weighted by molar-refractivity contribution is 7.13. The normalized spacial score (nSPS) is 14.1. The van der Waals surface area contributed by atoms with Crippen LogP contribution in [-0.4, -0.2) is 46.8 Å². The van der Waals surface area contributed by atoms with Crippen LogP contribution in [0, 0.1) is 6.92 Å². The Morgan fingerprint density at radius 3 is 2.34 bits per heavy atom. The summed E-state index contributed by atoms with van der Waals surface area (Å²) in [7, 11) is 0. The molecule has 1 aliphatic heterocycles. The molecule has 32 heavy (non-hydrogen) atoms. The molecule has 0 N–H and O–H groups in total. The van der Waals surface area contributed by atoms with E-state index in [2.05, 4.69) is 36.1 Å². The largest absolute Gasteiger partial charge is 0.368 e. The van der Waals surface area contributed by atoms with Crippen LogP contribution in [0.15, 0.2) is 72.1 Å². The molecule has 1 aliphatic rings. The maximum Gasteiger partial charge on any atom is 0.272 e. The summed E-state index contributed by atoms with van der Waals surface area (Å²) < 4.78 is 1.69. The van der Waals surface area contributed by atoms with Crippen LogP contribution in [0.1, 0.15) is 16.1 Å². The molecule has 1 amide bonds. The van der Waals surface area contributed by atoms with Gasteiger partial charge in [-0.1, -0.05) is 48.0 Å². The van der Waals surface area contributed by atoms with Crippen molar-refractivity contribution in [3.8, 4) is 16.3 Å². The number of rotatable bonds is 4. The number of piperazine rings is 1. The Balaban J connectivity index is 1.43. The number of benzene rings is 2. The van der Waals surface area contributed by atoms with Crippen molar-refractivity contribution in [2.24, 2.45) is 0 Å². The molecule has 0 radical (unpaired) electrons. The summed E-state index contributed by atoms with van der Waals surface area (Å²) in [6.45, 7) is 5.05. The predicted molar refractivity (Wildman–Crippen MR) is 131 cm³/mol. The average Bonchev–Trinajstić information content (AvgIpc) is 3.50. The zero-order valence-electron chi connectivity index (χ0n) is 17.7. The van der Waals surface area contributed by atoms with Crippen molar-refractivity contribution >= 4 is 34.5 Å². The lowest BCUT2D eigenvalue weighted by Gasteiger charge is -2.36. The van der Waals surface area contributed by atoms with Crippen molar-refractivity contribution in [2.75, 3.05) is 31.1 Å². The number of hydrogen-bond acceptors (Lipinski definition) is 4. The molecule has 4 aromatic rings. The second-order valence-electron chi connectivity index (χ2n) is 7.82. The van der Waals surface area contributed by atoms with Crippen LogP contribution in [0.25, 0.3) is 16.3 Å². The minimum Gasteiger partial charge on any atom is -0.368 e. The Morgan fingerprint density at radius 1 is 0.938 bits per heavy atom. The highest BCUT2D eigenvalue weighted by Gasteiger charge is 2.27. The molecule has 0 saturated carbocycles. The zero-order valence-corrected chi connectivity index (χ0v) is 19.3. The van der Waals surface area contributed by atoms with Crippen LogP contribution in [0.5, 0.6) is 0 Å². The SMILES string of the molecule is Cc1ccccc1N1CCN(C(=O)c2cc(-c3cccs3)nn2-c2ccccc2Cl)CC1. The number of nitrogens with zero attached hydrogens (tertiary/aromatic N) is 4. The number of halogens is 1. The van der Waals surface area contributed by atoms with Crippen molar-refractivity contribution in [2.45, 2.75) is 6.92 Å². The lowest BCUT2D eigenvalue weighted by atomic mass is 10.1. The van der Waals surface area contributed by atoms with Gasteiger partial charge in [0.1, 0.15) is 11.4 Å². The second-order valence-corrected chi connectivity index (χ2v) is 9.18. The van der Waals surface area contributed by atoms with Crippen molar-refractivity contribution in [1.29, 1.82) is 0 Å². The molecule has 0 spiro atoms. The molecule has 3 heterocycles. The first-order valence-corrected chi connectivity index (χ1v) is 11.9. The van der Waals surface area contributed by atoms with Crippen molar-refractivity contribution in [3.63, 3.8) is 0 Å². The van der Waals surface area contributed by atoms with Gasteiger partial charge in [0.2, 0.25) is 0 Å². The standard InChI is InChI=1S/C25H23ClN4OS/c1-18-7-2-4-9-21(18)28-12-14-29(15-13-28)25(31)23-17-20(24-11-6-16-32-24)27-30(23)22-10-5-3-8-19(22)26/h2-11,16-17H,12-15H2,1H3. The van der Waals surface area contributed by atoms with Crippen LogP contribution in [0.3, 0.4) is 0 Å². The molecule has 0 aliphatic carbocycles. The highest BCUT2D eigenvalue weighted by Crippen LogP contribution is 2.29. The third-order valence-electron chi connectivity index (χ3n) is 5.81. The van der Waals surface area contributed by atoms with E-state index in [4.69, 9.17) is 16.7 Å². The molecule has 2 aromatic heterocycles. The molecular formula is C25H23ClN4OS. The molecule has 1 fully saturated rings. The summed E-state index contributed by atoms with van der Waals surface area (Å²) in [5, 5.41) is 7.33. The number of thiophene rings is 1. The lowest BCUT2D eigenvalue weighted by Crippen LogP contribution is -2.49. The first-order valence-electron chi connectivity index (χ1n) is 10.6. The van der Waals surface area contributed by atoms with E-state index in [0.717, 1.165) is 23.7 Å². The second kappa shape index (κ2) is 8.81. The minimum atomic E-state index is -0.0235. The third-order valence-corrected chi connectivity index (χ3v) is 7.02. The van der Waals surface area contributed by atoms with Crippen LogP contribution in [-0.2, 0) is 0 Å². The van der Waals surface area contributed by atoms with Gasteiger partial charge in [0.05, 0.1) is 15.6 Å². The molecule has 0 unspecified atom stereocenters. The number of para-hydroxylation sites is 2. The lowest BCUT2D eigenvalue weighted by molar-refractivity contribution is 0.0737. The molecular weight excluding hydrogens is 440 g/mol. The predicted octanol–water partition coefficient (Wildman–Crippen LogP) is 5.53. The van der Waals surface area contributed by atoms with Gasteiger partial charge in [0.25, 0.3) is 5.91 Å². The molecule has 5 nitrogen and oxygen atoms in total. The van der Waals surface area contributed by atoms with Crippen LogP contribution >= 0.6 is 22.9 Å². The van der Waals surface area contributed by atoms with E-state index in [-0.39, 0.29) is 5.91 Å². The van der Waals surface area contributed by atoms with Crippen LogP contribution in [0.2, 0.25) is 5.02 Å². The third kappa shape index (κ3) is 3.92. The zero-order chi connectivity index (χ0) is 22.1. The molecule has 7 heteroatoms. The summed E-state index contributed by atoms with van der Waals surface area (Å²) in [4.78, 5) is 18.9. The maximum atomic E-state index is 13.6.